The number of fused-ring (bicyclic) bond motifs is 1. The number of pyridine rings is 2. The second kappa shape index (κ2) is 7.08. The highest BCUT2D eigenvalue weighted by molar-refractivity contribution is 5.93. The maximum atomic E-state index is 11.9. The van der Waals surface area contributed by atoms with Crippen LogP contribution in [0, 0.1) is 13.8 Å². The third-order valence-corrected chi connectivity index (χ3v) is 3.79. The third-order valence-electron chi connectivity index (χ3n) is 3.79. The van der Waals surface area contributed by atoms with E-state index in [-0.39, 0.29) is 5.91 Å². The van der Waals surface area contributed by atoms with Crippen LogP contribution < -0.4 is 10.6 Å². The molecule has 0 atom stereocenters. The summed E-state index contributed by atoms with van der Waals surface area (Å²) in [5.41, 5.74) is 3.81. The molecule has 0 spiro atoms. The molecule has 3 rings (SSSR count). The Morgan fingerprint density at radius 3 is 2.79 bits per heavy atom. The first-order valence-electron chi connectivity index (χ1n) is 7.93. The molecule has 0 aliphatic heterocycles. The smallest absolute Gasteiger partial charge is 0.252 e. The molecule has 0 bridgehead atoms. The summed E-state index contributed by atoms with van der Waals surface area (Å²) in [6, 6.07) is 11.9. The van der Waals surface area contributed by atoms with Gasteiger partial charge in [-0.1, -0.05) is 12.1 Å². The molecule has 0 unspecified atom stereocenters. The van der Waals surface area contributed by atoms with Gasteiger partial charge in [0, 0.05) is 30.9 Å². The summed E-state index contributed by atoms with van der Waals surface area (Å²) in [5.74, 6) is 0.729. The monoisotopic (exact) mass is 320 g/mol. The van der Waals surface area contributed by atoms with Gasteiger partial charge in [0.2, 0.25) is 0 Å². The average molecular weight is 320 g/mol. The Hall–Kier alpha value is -2.95. The van der Waals surface area contributed by atoms with Crippen LogP contribution in [0.15, 0.2) is 48.8 Å². The van der Waals surface area contributed by atoms with Crippen LogP contribution >= 0.6 is 0 Å². The molecule has 2 aromatic heterocycles. The van der Waals surface area contributed by atoms with Gasteiger partial charge in [0.1, 0.15) is 5.82 Å². The molecule has 5 nitrogen and oxygen atoms in total. The number of carbonyl (C=O) groups excluding carboxylic acids is 1. The zero-order valence-electron chi connectivity index (χ0n) is 13.8. The number of benzene rings is 1. The quantitative estimate of drug-likeness (QED) is 0.709. The maximum absolute atomic E-state index is 11.9. The molecule has 0 fully saturated rings. The Morgan fingerprint density at radius 1 is 1.12 bits per heavy atom. The lowest BCUT2D eigenvalue weighted by atomic mass is 10.1. The highest BCUT2D eigenvalue weighted by Gasteiger charge is 2.05. The number of hydrogen-bond donors (Lipinski definition) is 2. The normalized spacial score (nSPS) is 10.6. The number of nitrogens with one attached hydrogen (secondary N) is 2. The van der Waals surface area contributed by atoms with E-state index in [0.717, 1.165) is 22.3 Å². The van der Waals surface area contributed by atoms with Gasteiger partial charge in [0.15, 0.2) is 0 Å². The van der Waals surface area contributed by atoms with Gasteiger partial charge in [-0.3, -0.25) is 9.78 Å². The fraction of sp³-hybridized carbons (Fsp3) is 0.211. The first-order valence-corrected chi connectivity index (χ1v) is 7.93. The first kappa shape index (κ1) is 15.9. The van der Waals surface area contributed by atoms with Crippen molar-refractivity contribution in [1.29, 1.82) is 0 Å². The summed E-state index contributed by atoms with van der Waals surface area (Å²) in [7, 11) is 0. The van der Waals surface area contributed by atoms with Crippen LogP contribution in [0.3, 0.4) is 0 Å². The first-order chi connectivity index (χ1) is 11.6. The number of anilines is 1. The number of nitrogens with zero attached hydrogens (tertiary/aromatic N) is 2. The molecule has 1 aromatic carbocycles. The van der Waals surface area contributed by atoms with Gasteiger partial charge in [0.25, 0.3) is 5.91 Å². The number of amides is 1. The average Bonchev–Trinajstić information content (AvgIpc) is 2.60. The maximum Gasteiger partial charge on any atom is 0.252 e. The van der Waals surface area contributed by atoms with E-state index in [1.807, 2.05) is 6.92 Å². The Labute approximate surface area is 141 Å². The van der Waals surface area contributed by atoms with Gasteiger partial charge < -0.3 is 10.6 Å². The molecular weight excluding hydrogens is 300 g/mol. The van der Waals surface area contributed by atoms with E-state index < -0.39 is 0 Å². The molecule has 1 amide bonds. The number of aryl methyl sites for hydroxylation is 2. The van der Waals surface area contributed by atoms with Crippen LogP contribution in [0.2, 0.25) is 0 Å². The fourth-order valence-electron chi connectivity index (χ4n) is 2.52. The summed E-state index contributed by atoms with van der Waals surface area (Å²) >= 11 is 0. The summed E-state index contributed by atoms with van der Waals surface area (Å²) in [4.78, 5) is 20.6. The summed E-state index contributed by atoms with van der Waals surface area (Å²) in [6.07, 6.45) is 3.20. The molecule has 3 aromatic rings. The molecule has 24 heavy (non-hydrogen) atoms. The van der Waals surface area contributed by atoms with Gasteiger partial charge in [-0.2, -0.15) is 0 Å². The second-order valence-corrected chi connectivity index (χ2v) is 5.77. The van der Waals surface area contributed by atoms with E-state index in [1.165, 1.54) is 5.56 Å². The van der Waals surface area contributed by atoms with Crippen LogP contribution in [0.4, 0.5) is 5.82 Å². The Balaban J connectivity index is 1.59. The van der Waals surface area contributed by atoms with E-state index >= 15 is 0 Å². The highest BCUT2D eigenvalue weighted by atomic mass is 16.1. The molecular formula is C19H20N4O. The van der Waals surface area contributed by atoms with Crippen molar-refractivity contribution in [2.75, 3.05) is 18.4 Å². The molecule has 0 aliphatic carbocycles. The summed E-state index contributed by atoms with van der Waals surface area (Å²) < 4.78 is 0. The summed E-state index contributed by atoms with van der Waals surface area (Å²) in [6.45, 7) is 5.21. The van der Waals surface area contributed by atoms with Crippen molar-refractivity contribution >= 4 is 22.6 Å². The Kier molecular flexibility index (Phi) is 4.70. The van der Waals surface area contributed by atoms with Gasteiger partial charge in [-0.25, -0.2) is 4.98 Å². The van der Waals surface area contributed by atoms with Crippen LogP contribution in [-0.4, -0.2) is 29.0 Å². The molecule has 5 heteroatoms. The summed E-state index contributed by atoms with van der Waals surface area (Å²) in [5, 5.41) is 7.29. The SMILES string of the molecule is Cc1ccc2cc(C)c(NCCNC(=O)c3cccnc3)nc2c1. The van der Waals surface area contributed by atoms with E-state index in [2.05, 4.69) is 51.8 Å². The Bertz CT molecular complexity index is 862. The van der Waals surface area contributed by atoms with E-state index in [4.69, 9.17) is 0 Å². The van der Waals surface area contributed by atoms with Crippen molar-refractivity contribution in [3.63, 3.8) is 0 Å². The van der Waals surface area contributed by atoms with Crippen molar-refractivity contribution in [1.82, 2.24) is 15.3 Å². The van der Waals surface area contributed by atoms with Gasteiger partial charge >= 0.3 is 0 Å². The van der Waals surface area contributed by atoms with Crippen molar-refractivity contribution in [3.05, 3.63) is 65.5 Å². The lowest BCUT2D eigenvalue weighted by Crippen LogP contribution is -2.29. The van der Waals surface area contributed by atoms with E-state index in [9.17, 15) is 4.79 Å². The van der Waals surface area contributed by atoms with Gasteiger partial charge in [-0.15, -0.1) is 0 Å². The number of carbonyl (C=O) groups is 1. The van der Waals surface area contributed by atoms with Crippen LogP contribution in [0.25, 0.3) is 10.9 Å². The third kappa shape index (κ3) is 3.68. The van der Waals surface area contributed by atoms with Crippen LogP contribution in [-0.2, 0) is 0 Å². The lowest BCUT2D eigenvalue weighted by Gasteiger charge is -2.11. The standard InChI is InChI=1S/C19H20N4O/c1-13-5-6-15-11-14(2)18(23-17(15)10-13)21-8-9-22-19(24)16-4-3-7-20-12-16/h3-7,10-12H,8-9H2,1-2H3,(H,21,23)(H,22,24). The Morgan fingerprint density at radius 2 is 2.00 bits per heavy atom. The molecule has 2 N–H and O–H groups in total. The fourth-order valence-corrected chi connectivity index (χ4v) is 2.52. The zero-order valence-corrected chi connectivity index (χ0v) is 13.8. The topological polar surface area (TPSA) is 66.9 Å². The number of aromatic nitrogens is 2. The predicted molar refractivity (Wildman–Crippen MR) is 96.3 cm³/mol. The lowest BCUT2D eigenvalue weighted by molar-refractivity contribution is 0.0955. The number of hydrogen-bond acceptors (Lipinski definition) is 4. The van der Waals surface area contributed by atoms with Crippen molar-refractivity contribution < 1.29 is 4.79 Å². The van der Waals surface area contributed by atoms with Crippen molar-refractivity contribution in [3.8, 4) is 0 Å². The minimum absolute atomic E-state index is 0.122. The minimum Gasteiger partial charge on any atom is -0.368 e. The van der Waals surface area contributed by atoms with Crippen LogP contribution in [0.5, 0.6) is 0 Å². The molecule has 122 valence electrons. The predicted octanol–water partition coefficient (Wildman–Crippen LogP) is 3.09. The van der Waals surface area contributed by atoms with Crippen molar-refractivity contribution in [2.45, 2.75) is 13.8 Å². The molecule has 0 saturated carbocycles. The molecule has 0 saturated heterocycles. The number of rotatable bonds is 5. The van der Waals surface area contributed by atoms with Crippen LogP contribution in [0.1, 0.15) is 21.5 Å². The van der Waals surface area contributed by atoms with Crippen molar-refractivity contribution in [2.24, 2.45) is 0 Å². The molecule has 0 aliphatic rings. The zero-order chi connectivity index (χ0) is 16.9. The molecule has 2 heterocycles. The van der Waals surface area contributed by atoms with E-state index in [0.29, 0.717) is 18.7 Å². The van der Waals surface area contributed by atoms with E-state index in [1.54, 1.807) is 24.5 Å². The largest absolute Gasteiger partial charge is 0.368 e. The molecule has 0 radical (unpaired) electrons. The second-order valence-electron chi connectivity index (χ2n) is 5.77. The van der Waals surface area contributed by atoms with Gasteiger partial charge in [0.05, 0.1) is 11.1 Å². The minimum atomic E-state index is -0.122. The van der Waals surface area contributed by atoms with Gasteiger partial charge in [-0.05, 0) is 49.2 Å². The highest BCUT2D eigenvalue weighted by Crippen LogP contribution is 2.20.